The van der Waals surface area contributed by atoms with Gasteiger partial charge in [-0.15, -0.1) is 0 Å². The molecule has 0 bridgehead atoms. The molecule has 0 aliphatic heterocycles. The molecule has 0 heterocycles. The van der Waals surface area contributed by atoms with Gasteiger partial charge in [-0.3, -0.25) is 4.79 Å². The Morgan fingerprint density at radius 3 is 2.44 bits per heavy atom. The topological polar surface area (TPSA) is 52.9 Å². The van der Waals surface area contributed by atoms with Gasteiger partial charge in [-0.25, -0.2) is 0 Å². The molecule has 1 N–H and O–H groups in total. The third-order valence-corrected chi connectivity index (χ3v) is 3.99. The molecule has 0 aliphatic carbocycles. The van der Waals surface area contributed by atoms with Gasteiger partial charge in [0.15, 0.2) is 0 Å². The highest BCUT2D eigenvalue weighted by Crippen LogP contribution is 2.17. The lowest BCUT2D eigenvalue weighted by molar-refractivity contribution is -0.117. The standard InChI is InChI=1S/C22H18N2O/c23-16-21(22(25)24-13-12-17-6-2-1-3-7-17)15-18-10-11-19-8-4-5-9-20(19)14-18/h1-11,14-15H,12-13H2,(H,24,25)/b21-15+. The highest BCUT2D eigenvalue weighted by atomic mass is 16.1. The van der Waals surface area contributed by atoms with Crippen molar-refractivity contribution in [2.75, 3.05) is 6.54 Å². The molecular formula is C22H18N2O. The zero-order valence-corrected chi connectivity index (χ0v) is 13.8. The predicted molar refractivity (Wildman–Crippen MR) is 101 cm³/mol. The van der Waals surface area contributed by atoms with Gasteiger partial charge in [0.25, 0.3) is 5.91 Å². The van der Waals surface area contributed by atoms with Crippen molar-refractivity contribution in [3.8, 4) is 6.07 Å². The molecule has 3 rings (SSSR count). The third kappa shape index (κ3) is 4.33. The summed E-state index contributed by atoms with van der Waals surface area (Å²) >= 11 is 0. The second-order valence-electron chi connectivity index (χ2n) is 5.77. The number of nitriles is 1. The zero-order valence-electron chi connectivity index (χ0n) is 13.8. The van der Waals surface area contributed by atoms with Crippen LogP contribution in [0, 0.1) is 11.3 Å². The molecule has 0 saturated heterocycles. The summed E-state index contributed by atoms with van der Waals surface area (Å²) in [6.07, 6.45) is 2.37. The second kappa shape index (κ2) is 7.94. The van der Waals surface area contributed by atoms with Crippen LogP contribution in [0.15, 0.2) is 78.4 Å². The molecule has 0 radical (unpaired) electrons. The summed E-state index contributed by atoms with van der Waals surface area (Å²) < 4.78 is 0. The first kappa shape index (κ1) is 16.5. The summed E-state index contributed by atoms with van der Waals surface area (Å²) in [6, 6.07) is 25.8. The second-order valence-corrected chi connectivity index (χ2v) is 5.77. The molecule has 3 aromatic rings. The van der Waals surface area contributed by atoms with E-state index in [2.05, 4.69) is 5.32 Å². The summed E-state index contributed by atoms with van der Waals surface area (Å²) in [5, 5.41) is 14.3. The predicted octanol–water partition coefficient (Wildman–Crippen LogP) is 4.11. The minimum atomic E-state index is -0.341. The maximum Gasteiger partial charge on any atom is 0.261 e. The molecule has 0 atom stereocenters. The van der Waals surface area contributed by atoms with Gasteiger partial charge in [-0.2, -0.15) is 5.26 Å². The van der Waals surface area contributed by atoms with E-state index in [1.54, 1.807) is 6.08 Å². The summed E-state index contributed by atoms with van der Waals surface area (Å²) in [6.45, 7) is 0.500. The SMILES string of the molecule is N#C/C(=C\c1ccc2ccccc2c1)C(=O)NCCc1ccccc1. The lowest BCUT2D eigenvalue weighted by atomic mass is 10.0. The van der Waals surface area contributed by atoms with Crippen LogP contribution in [0.2, 0.25) is 0 Å². The van der Waals surface area contributed by atoms with Crippen molar-refractivity contribution in [1.29, 1.82) is 5.26 Å². The number of benzene rings is 3. The number of fused-ring (bicyclic) bond motifs is 1. The number of amides is 1. The van der Waals surface area contributed by atoms with Gasteiger partial charge in [0.1, 0.15) is 11.6 Å². The Labute approximate surface area is 147 Å². The molecule has 3 nitrogen and oxygen atoms in total. The van der Waals surface area contributed by atoms with Crippen molar-refractivity contribution in [3.63, 3.8) is 0 Å². The maximum atomic E-state index is 12.2. The third-order valence-electron chi connectivity index (χ3n) is 3.99. The molecule has 3 aromatic carbocycles. The normalized spacial score (nSPS) is 11.1. The fourth-order valence-corrected chi connectivity index (χ4v) is 2.67. The van der Waals surface area contributed by atoms with E-state index in [-0.39, 0.29) is 11.5 Å². The van der Waals surface area contributed by atoms with Crippen molar-refractivity contribution in [3.05, 3.63) is 89.5 Å². The van der Waals surface area contributed by atoms with E-state index < -0.39 is 0 Å². The first-order valence-corrected chi connectivity index (χ1v) is 8.19. The Bertz CT molecular complexity index is 952. The van der Waals surface area contributed by atoms with Crippen molar-refractivity contribution >= 4 is 22.8 Å². The van der Waals surface area contributed by atoms with Gasteiger partial charge >= 0.3 is 0 Å². The highest BCUT2D eigenvalue weighted by Gasteiger charge is 2.08. The number of nitrogens with zero attached hydrogens (tertiary/aromatic N) is 1. The Hall–Kier alpha value is -3.38. The van der Waals surface area contributed by atoms with E-state index in [0.717, 1.165) is 28.3 Å². The molecule has 0 spiro atoms. The molecule has 122 valence electrons. The minimum absolute atomic E-state index is 0.114. The van der Waals surface area contributed by atoms with Crippen molar-refractivity contribution < 1.29 is 4.79 Å². The van der Waals surface area contributed by atoms with Crippen LogP contribution < -0.4 is 5.32 Å². The molecule has 0 aromatic heterocycles. The number of carbonyl (C=O) groups is 1. The molecule has 3 heteroatoms. The van der Waals surface area contributed by atoms with E-state index in [1.165, 1.54) is 0 Å². The molecule has 0 saturated carbocycles. The van der Waals surface area contributed by atoms with Crippen LogP contribution in [0.1, 0.15) is 11.1 Å². The Balaban J connectivity index is 1.68. The van der Waals surface area contributed by atoms with Crippen molar-refractivity contribution in [2.45, 2.75) is 6.42 Å². The maximum absolute atomic E-state index is 12.2. The van der Waals surface area contributed by atoms with Crippen LogP contribution in [0.5, 0.6) is 0 Å². The first-order chi connectivity index (χ1) is 12.3. The lowest BCUT2D eigenvalue weighted by Crippen LogP contribution is -2.26. The van der Waals surface area contributed by atoms with Crippen LogP contribution in [0.3, 0.4) is 0 Å². The van der Waals surface area contributed by atoms with Crippen LogP contribution in [0.4, 0.5) is 0 Å². The quantitative estimate of drug-likeness (QED) is 0.567. The van der Waals surface area contributed by atoms with Gasteiger partial charge in [-0.05, 0) is 40.5 Å². The average molecular weight is 326 g/mol. The summed E-state index contributed by atoms with van der Waals surface area (Å²) in [5.74, 6) is -0.341. The molecule has 0 unspecified atom stereocenters. The van der Waals surface area contributed by atoms with Gasteiger partial charge in [0.2, 0.25) is 0 Å². The summed E-state index contributed by atoms with van der Waals surface area (Å²) in [7, 11) is 0. The van der Waals surface area contributed by atoms with Crippen LogP contribution in [-0.4, -0.2) is 12.5 Å². The average Bonchev–Trinajstić information content (AvgIpc) is 2.66. The molecule has 0 fully saturated rings. The van der Waals surface area contributed by atoms with E-state index in [9.17, 15) is 10.1 Å². The van der Waals surface area contributed by atoms with Gasteiger partial charge < -0.3 is 5.32 Å². The number of carbonyl (C=O) groups excluding carboxylic acids is 1. The first-order valence-electron chi connectivity index (χ1n) is 8.19. The Morgan fingerprint density at radius 2 is 1.68 bits per heavy atom. The van der Waals surface area contributed by atoms with Gasteiger partial charge in [0, 0.05) is 6.54 Å². The fourth-order valence-electron chi connectivity index (χ4n) is 2.67. The molecular weight excluding hydrogens is 308 g/mol. The van der Waals surface area contributed by atoms with E-state index in [4.69, 9.17) is 0 Å². The van der Waals surface area contributed by atoms with Crippen LogP contribution in [0.25, 0.3) is 16.8 Å². The summed E-state index contributed by atoms with van der Waals surface area (Å²) in [5.41, 5.74) is 2.11. The largest absolute Gasteiger partial charge is 0.351 e. The van der Waals surface area contributed by atoms with Crippen LogP contribution >= 0.6 is 0 Å². The Morgan fingerprint density at radius 1 is 0.960 bits per heavy atom. The van der Waals surface area contributed by atoms with Crippen molar-refractivity contribution in [2.24, 2.45) is 0 Å². The van der Waals surface area contributed by atoms with Crippen molar-refractivity contribution in [1.82, 2.24) is 5.32 Å². The Kier molecular flexibility index (Phi) is 5.23. The molecule has 0 aliphatic rings. The number of rotatable bonds is 5. The minimum Gasteiger partial charge on any atom is -0.351 e. The monoisotopic (exact) mass is 326 g/mol. The molecule has 1 amide bonds. The van der Waals surface area contributed by atoms with E-state index in [1.807, 2.05) is 78.9 Å². The van der Waals surface area contributed by atoms with E-state index in [0.29, 0.717) is 6.54 Å². The van der Waals surface area contributed by atoms with E-state index >= 15 is 0 Å². The smallest absolute Gasteiger partial charge is 0.261 e. The highest BCUT2D eigenvalue weighted by molar-refractivity contribution is 6.02. The molecule has 25 heavy (non-hydrogen) atoms. The van der Waals surface area contributed by atoms with Crippen LogP contribution in [-0.2, 0) is 11.2 Å². The van der Waals surface area contributed by atoms with Gasteiger partial charge in [0.05, 0.1) is 0 Å². The zero-order chi connectivity index (χ0) is 17.5. The number of nitrogens with one attached hydrogen (secondary N) is 1. The number of hydrogen-bond donors (Lipinski definition) is 1. The van der Waals surface area contributed by atoms with Gasteiger partial charge in [-0.1, -0.05) is 66.7 Å². The summed E-state index contributed by atoms with van der Waals surface area (Å²) in [4.78, 5) is 12.2. The fraction of sp³-hybridized carbons (Fsp3) is 0.0909. The lowest BCUT2D eigenvalue weighted by Gasteiger charge is -2.05. The number of hydrogen-bond acceptors (Lipinski definition) is 2.